The van der Waals surface area contributed by atoms with Crippen LogP contribution < -0.4 is 10.2 Å². The quantitative estimate of drug-likeness (QED) is 0.885. The van der Waals surface area contributed by atoms with Crippen molar-refractivity contribution in [3.8, 4) is 0 Å². The van der Waals surface area contributed by atoms with Gasteiger partial charge in [0, 0.05) is 5.69 Å². The summed E-state index contributed by atoms with van der Waals surface area (Å²) in [5, 5.41) is 3.17. The smallest absolute Gasteiger partial charge is 0.256 e. The number of carbonyl (C=O) groups is 2. The van der Waals surface area contributed by atoms with E-state index >= 15 is 0 Å². The van der Waals surface area contributed by atoms with Gasteiger partial charge in [-0.05, 0) is 50.1 Å². The Hall–Kier alpha value is -2.62. The number of anilines is 2. The predicted molar refractivity (Wildman–Crippen MR) is 91.6 cm³/mol. The lowest BCUT2D eigenvalue weighted by Crippen LogP contribution is -2.35. The number of amides is 2. The van der Waals surface area contributed by atoms with Crippen molar-refractivity contribution in [3.05, 3.63) is 59.2 Å². The minimum absolute atomic E-state index is 0.159. The molecule has 0 radical (unpaired) electrons. The van der Waals surface area contributed by atoms with E-state index in [4.69, 9.17) is 0 Å². The number of carbonyl (C=O) groups excluding carboxylic acids is 2. The lowest BCUT2D eigenvalue weighted by Gasteiger charge is -2.18. The van der Waals surface area contributed by atoms with E-state index in [1.54, 1.807) is 0 Å². The second-order valence-electron chi connectivity index (χ2n) is 6.12. The first-order valence-electron chi connectivity index (χ1n) is 7.73. The van der Waals surface area contributed by atoms with Crippen LogP contribution in [0.1, 0.15) is 23.1 Å². The van der Waals surface area contributed by atoms with Crippen LogP contribution in [-0.2, 0) is 9.59 Å². The monoisotopic (exact) mass is 308 g/mol. The second-order valence-corrected chi connectivity index (χ2v) is 6.12. The third-order valence-electron chi connectivity index (χ3n) is 4.14. The third kappa shape index (κ3) is 2.97. The van der Waals surface area contributed by atoms with Crippen molar-refractivity contribution in [2.75, 3.05) is 10.2 Å². The largest absolute Gasteiger partial charge is 0.373 e. The number of nitrogens with one attached hydrogen (secondary N) is 1. The maximum Gasteiger partial charge on any atom is 0.256 e. The van der Waals surface area contributed by atoms with Gasteiger partial charge in [-0.3, -0.25) is 9.59 Å². The first-order valence-corrected chi connectivity index (χ1v) is 7.73. The van der Waals surface area contributed by atoms with Gasteiger partial charge in [0.1, 0.15) is 6.04 Å². The molecule has 0 saturated carbocycles. The van der Waals surface area contributed by atoms with Gasteiger partial charge in [-0.25, -0.2) is 4.90 Å². The maximum absolute atomic E-state index is 12.7. The molecule has 1 saturated heterocycles. The van der Waals surface area contributed by atoms with E-state index in [-0.39, 0.29) is 18.2 Å². The minimum Gasteiger partial charge on any atom is -0.373 e. The Morgan fingerprint density at radius 2 is 1.61 bits per heavy atom. The number of imide groups is 1. The molecule has 2 aromatic carbocycles. The molecule has 23 heavy (non-hydrogen) atoms. The Morgan fingerprint density at radius 1 is 0.957 bits per heavy atom. The van der Waals surface area contributed by atoms with Gasteiger partial charge in [0.25, 0.3) is 5.91 Å². The highest BCUT2D eigenvalue weighted by Crippen LogP contribution is 2.28. The van der Waals surface area contributed by atoms with Gasteiger partial charge >= 0.3 is 0 Å². The van der Waals surface area contributed by atoms with Crippen LogP contribution in [-0.4, -0.2) is 17.9 Å². The van der Waals surface area contributed by atoms with E-state index in [2.05, 4.69) is 5.32 Å². The predicted octanol–water partition coefficient (Wildman–Crippen LogP) is 3.36. The highest BCUT2D eigenvalue weighted by Gasteiger charge is 2.40. The van der Waals surface area contributed by atoms with Gasteiger partial charge in [0.15, 0.2) is 0 Å². The summed E-state index contributed by atoms with van der Waals surface area (Å²) >= 11 is 0. The zero-order valence-electron chi connectivity index (χ0n) is 13.6. The van der Waals surface area contributed by atoms with Crippen LogP contribution in [0.3, 0.4) is 0 Å². The van der Waals surface area contributed by atoms with Gasteiger partial charge in [0.05, 0.1) is 12.1 Å². The zero-order chi connectivity index (χ0) is 16.6. The summed E-state index contributed by atoms with van der Waals surface area (Å²) in [6, 6.07) is 13.1. The van der Waals surface area contributed by atoms with Gasteiger partial charge in [-0.1, -0.05) is 29.8 Å². The Labute approximate surface area is 136 Å². The molecule has 0 unspecified atom stereocenters. The number of benzene rings is 2. The van der Waals surface area contributed by atoms with Crippen LogP contribution in [0.15, 0.2) is 42.5 Å². The molecule has 0 aromatic heterocycles. The van der Waals surface area contributed by atoms with Crippen LogP contribution in [0.4, 0.5) is 11.4 Å². The Kier molecular flexibility index (Phi) is 3.90. The summed E-state index contributed by atoms with van der Waals surface area (Å²) in [6.45, 7) is 5.88. The van der Waals surface area contributed by atoms with Crippen molar-refractivity contribution in [3.63, 3.8) is 0 Å². The summed E-state index contributed by atoms with van der Waals surface area (Å²) < 4.78 is 0. The molecular formula is C19H20N2O2. The standard InChI is InChI=1S/C19H20N2O2/c1-12-5-8-15(9-6-12)20-16-11-18(22)21(19(16)23)17-10-13(2)4-7-14(17)3/h4-10,16,20H,11H2,1-3H3/t16-/m0/s1. The molecule has 0 spiro atoms. The first-order chi connectivity index (χ1) is 11.0. The van der Waals surface area contributed by atoms with E-state index in [1.807, 2.05) is 63.2 Å². The molecule has 1 N–H and O–H groups in total. The molecule has 1 aliphatic heterocycles. The average Bonchev–Trinajstić information content (AvgIpc) is 2.78. The minimum atomic E-state index is -0.509. The number of hydrogen-bond acceptors (Lipinski definition) is 3. The number of aryl methyl sites for hydroxylation is 3. The van der Waals surface area contributed by atoms with Gasteiger partial charge < -0.3 is 5.32 Å². The third-order valence-corrected chi connectivity index (χ3v) is 4.14. The van der Waals surface area contributed by atoms with Crippen molar-refractivity contribution in [1.29, 1.82) is 0 Å². The van der Waals surface area contributed by atoms with E-state index in [0.29, 0.717) is 5.69 Å². The molecule has 1 heterocycles. The molecule has 4 heteroatoms. The van der Waals surface area contributed by atoms with Crippen LogP contribution in [0.2, 0.25) is 0 Å². The Bertz CT molecular complexity index is 765. The molecule has 2 aromatic rings. The van der Waals surface area contributed by atoms with E-state index in [0.717, 1.165) is 22.4 Å². The Balaban J connectivity index is 1.85. The first kappa shape index (κ1) is 15.3. The van der Waals surface area contributed by atoms with E-state index < -0.39 is 6.04 Å². The van der Waals surface area contributed by atoms with Crippen LogP contribution in [0.5, 0.6) is 0 Å². The number of rotatable bonds is 3. The zero-order valence-corrected chi connectivity index (χ0v) is 13.6. The molecule has 2 amide bonds. The highest BCUT2D eigenvalue weighted by molar-refractivity contribution is 6.23. The molecule has 1 fully saturated rings. The number of nitrogens with zero attached hydrogens (tertiary/aromatic N) is 1. The molecule has 3 rings (SSSR count). The summed E-state index contributed by atoms with van der Waals surface area (Å²) in [5.41, 5.74) is 4.65. The van der Waals surface area contributed by atoms with Crippen LogP contribution in [0, 0.1) is 20.8 Å². The lowest BCUT2D eigenvalue weighted by molar-refractivity contribution is -0.121. The average molecular weight is 308 g/mol. The summed E-state index contributed by atoms with van der Waals surface area (Å²) in [6.07, 6.45) is 0.181. The maximum atomic E-state index is 12.7. The molecule has 1 aliphatic rings. The summed E-state index contributed by atoms with van der Waals surface area (Å²) in [5.74, 6) is -0.349. The normalized spacial score (nSPS) is 17.7. The fraction of sp³-hybridized carbons (Fsp3) is 0.263. The Morgan fingerprint density at radius 3 is 2.30 bits per heavy atom. The molecule has 0 bridgehead atoms. The molecular weight excluding hydrogens is 288 g/mol. The molecule has 0 aliphatic carbocycles. The highest BCUT2D eigenvalue weighted by atomic mass is 16.2. The van der Waals surface area contributed by atoms with Crippen molar-refractivity contribution in [1.82, 2.24) is 0 Å². The SMILES string of the molecule is Cc1ccc(N[C@H]2CC(=O)N(c3cc(C)ccc3C)C2=O)cc1. The fourth-order valence-corrected chi connectivity index (χ4v) is 2.81. The van der Waals surface area contributed by atoms with E-state index in [1.165, 1.54) is 4.90 Å². The molecule has 118 valence electrons. The summed E-state index contributed by atoms with van der Waals surface area (Å²) in [7, 11) is 0. The van der Waals surface area contributed by atoms with Gasteiger partial charge in [-0.15, -0.1) is 0 Å². The van der Waals surface area contributed by atoms with Crippen LogP contribution >= 0.6 is 0 Å². The fourth-order valence-electron chi connectivity index (χ4n) is 2.81. The summed E-state index contributed by atoms with van der Waals surface area (Å²) in [4.78, 5) is 26.4. The lowest BCUT2D eigenvalue weighted by atomic mass is 10.1. The molecule has 4 nitrogen and oxygen atoms in total. The topological polar surface area (TPSA) is 49.4 Å². The second kappa shape index (κ2) is 5.88. The van der Waals surface area contributed by atoms with Crippen molar-refractivity contribution in [2.24, 2.45) is 0 Å². The molecule has 1 atom stereocenters. The number of hydrogen-bond donors (Lipinski definition) is 1. The van der Waals surface area contributed by atoms with Crippen molar-refractivity contribution in [2.45, 2.75) is 33.2 Å². The van der Waals surface area contributed by atoms with Gasteiger partial charge in [-0.2, -0.15) is 0 Å². The van der Waals surface area contributed by atoms with Crippen LogP contribution in [0.25, 0.3) is 0 Å². The van der Waals surface area contributed by atoms with Crippen molar-refractivity contribution >= 4 is 23.2 Å². The van der Waals surface area contributed by atoms with Crippen molar-refractivity contribution < 1.29 is 9.59 Å². The van der Waals surface area contributed by atoms with Gasteiger partial charge in [0.2, 0.25) is 5.91 Å². The van der Waals surface area contributed by atoms with E-state index in [9.17, 15) is 9.59 Å².